The van der Waals surface area contributed by atoms with Crippen molar-refractivity contribution < 1.29 is 4.79 Å². The lowest BCUT2D eigenvalue weighted by Crippen LogP contribution is -2.30. The molecular formula is C16H18N4O2. The molecule has 0 unspecified atom stereocenters. The summed E-state index contributed by atoms with van der Waals surface area (Å²) in [6, 6.07) is 8.49. The van der Waals surface area contributed by atoms with Gasteiger partial charge in [-0.25, -0.2) is 9.89 Å². The molecule has 1 aromatic heterocycles. The highest BCUT2D eigenvalue weighted by Gasteiger charge is 2.59. The van der Waals surface area contributed by atoms with Gasteiger partial charge in [0.1, 0.15) is 5.82 Å². The number of hydrogen-bond donors (Lipinski definition) is 3. The number of aryl methyl sites for hydroxylation is 1. The SMILES string of the molecule is O=C(NCc1n[nH]c(=O)[nH]1)[C@H]1C[C@@]12CCCc1ccccc12. The molecule has 0 saturated heterocycles. The molecule has 2 aliphatic carbocycles. The Bertz CT molecular complexity index is 778. The number of nitrogens with one attached hydrogen (secondary N) is 3. The van der Waals surface area contributed by atoms with Crippen molar-refractivity contribution in [3.63, 3.8) is 0 Å². The molecule has 0 radical (unpaired) electrons. The van der Waals surface area contributed by atoms with Crippen molar-refractivity contribution >= 4 is 5.91 Å². The normalized spacial score (nSPS) is 25.7. The van der Waals surface area contributed by atoms with Crippen LogP contribution in [0.3, 0.4) is 0 Å². The average molecular weight is 298 g/mol. The van der Waals surface area contributed by atoms with E-state index in [1.54, 1.807) is 0 Å². The zero-order valence-electron chi connectivity index (χ0n) is 12.2. The minimum atomic E-state index is -0.353. The quantitative estimate of drug-likeness (QED) is 0.790. The van der Waals surface area contributed by atoms with Gasteiger partial charge >= 0.3 is 5.69 Å². The number of hydrogen-bond acceptors (Lipinski definition) is 3. The molecular weight excluding hydrogens is 280 g/mol. The molecule has 1 aromatic carbocycles. The van der Waals surface area contributed by atoms with Crippen LogP contribution in [-0.2, 0) is 23.2 Å². The van der Waals surface area contributed by atoms with Gasteiger partial charge in [0, 0.05) is 11.3 Å². The summed E-state index contributed by atoms with van der Waals surface area (Å²) in [7, 11) is 0. The second kappa shape index (κ2) is 4.83. The average Bonchev–Trinajstić information content (AvgIpc) is 3.09. The van der Waals surface area contributed by atoms with E-state index in [1.165, 1.54) is 11.1 Å². The predicted molar refractivity (Wildman–Crippen MR) is 80.2 cm³/mol. The fraction of sp³-hybridized carbons (Fsp3) is 0.438. The first-order valence-corrected chi connectivity index (χ1v) is 7.69. The minimum Gasteiger partial charge on any atom is -0.349 e. The predicted octanol–water partition coefficient (Wildman–Crippen LogP) is 1.01. The Labute approximate surface area is 127 Å². The molecule has 2 aromatic rings. The van der Waals surface area contributed by atoms with Crippen molar-refractivity contribution in [2.75, 3.05) is 0 Å². The summed E-state index contributed by atoms with van der Waals surface area (Å²) in [6.45, 7) is 0.256. The standard InChI is InChI=1S/C16H18N4O2/c21-14(17-9-13-18-15(22)20-19-13)12-8-16(12)7-3-5-10-4-1-2-6-11(10)16/h1-2,4,6,12H,3,5,7-9H2,(H,17,21)(H2,18,19,20,22)/t12-,16-/m1/s1. The van der Waals surface area contributed by atoms with Gasteiger partial charge in [0.05, 0.1) is 6.54 Å². The van der Waals surface area contributed by atoms with E-state index in [9.17, 15) is 9.59 Å². The van der Waals surface area contributed by atoms with Gasteiger partial charge in [0.2, 0.25) is 5.91 Å². The summed E-state index contributed by atoms with van der Waals surface area (Å²) in [4.78, 5) is 25.9. The van der Waals surface area contributed by atoms with Crippen LogP contribution in [0.15, 0.2) is 29.1 Å². The van der Waals surface area contributed by atoms with Crippen LogP contribution in [0.2, 0.25) is 0 Å². The zero-order valence-corrected chi connectivity index (χ0v) is 12.2. The molecule has 0 aliphatic heterocycles. The molecule has 3 N–H and O–H groups in total. The molecule has 2 aliphatic rings. The van der Waals surface area contributed by atoms with E-state index in [0.717, 1.165) is 25.7 Å². The van der Waals surface area contributed by atoms with E-state index >= 15 is 0 Å². The minimum absolute atomic E-state index is 0.0396. The zero-order chi connectivity index (χ0) is 15.2. The van der Waals surface area contributed by atoms with Crippen LogP contribution in [-0.4, -0.2) is 21.1 Å². The third-order valence-electron chi connectivity index (χ3n) is 4.99. The number of benzene rings is 1. The van der Waals surface area contributed by atoms with Gasteiger partial charge in [0.15, 0.2) is 0 Å². The van der Waals surface area contributed by atoms with Crippen molar-refractivity contribution in [2.45, 2.75) is 37.6 Å². The third kappa shape index (κ3) is 2.06. The Kier molecular flexibility index (Phi) is 2.92. The maximum Gasteiger partial charge on any atom is 0.340 e. The fourth-order valence-corrected chi connectivity index (χ4v) is 3.86. The van der Waals surface area contributed by atoms with Gasteiger partial charge in [-0.05, 0) is 36.8 Å². The van der Waals surface area contributed by atoms with Crippen LogP contribution < -0.4 is 11.0 Å². The number of aromatic amines is 2. The molecule has 1 saturated carbocycles. The van der Waals surface area contributed by atoms with Gasteiger partial charge in [-0.1, -0.05) is 24.3 Å². The molecule has 4 rings (SSSR count). The molecule has 1 amide bonds. The van der Waals surface area contributed by atoms with Crippen molar-refractivity contribution in [3.05, 3.63) is 51.7 Å². The van der Waals surface area contributed by atoms with Crippen molar-refractivity contribution in [1.82, 2.24) is 20.5 Å². The first kappa shape index (κ1) is 13.3. The maximum atomic E-state index is 12.4. The summed E-state index contributed by atoms with van der Waals surface area (Å²) in [5.74, 6) is 0.553. The van der Waals surface area contributed by atoms with E-state index < -0.39 is 0 Å². The Morgan fingerprint density at radius 3 is 3.09 bits per heavy atom. The number of carbonyl (C=O) groups excluding carboxylic acids is 1. The number of H-pyrrole nitrogens is 2. The van der Waals surface area contributed by atoms with Crippen LogP contribution >= 0.6 is 0 Å². The summed E-state index contributed by atoms with van der Waals surface area (Å²) in [6.07, 6.45) is 4.27. The highest BCUT2D eigenvalue weighted by Crippen LogP contribution is 2.60. The van der Waals surface area contributed by atoms with Crippen molar-refractivity contribution in [1.29, 1.82) is 0 Å². The molecule has 22 heavy (non-hydrogen) atoms. The molecule has 1 heterocycles. The highest BCUT2D eigenvalue weighted by molar-refractivity contribution is 5.84. The van der Waals surface area contributed by atoms with Gasteiger partial charge in [-0.15, -0.1) is 0 Å². The number of aromatic nitrogens is 3. The number of rotatable bonds is 3. The first-order chi connectivity index (χ1) is 10.7. The summed E-state index contributed by atoms with van der Waals surface area (Å²) < 4.78 is 0. The molecule has 1 spiro atoms. The van der Waals surface area contributed by atoms with Gasteiger partial charge in [0.25, 0.3) is 0 Å². The Morgan fingerprint density at radius 1 is 1.41 bits per heavy atom. The molecule has 1 fully saturated rings. The van der Waals surface area contributed by atoms with Crippen LogP contribution in [0.4, 0.5) is 0 Å². The number of amides is 1. The van der Waals surface area contributed by atoms with E-state index in [-0.39, 0.29) is 29.5 Å². The fourth-order valence-electron chi connectivity index (χ4n) is 3.86. The molecule has 6 heteroatoms. The summed E-state index contributed by atoms with van der Waals surface area (Å²) in [5, 5.41) is 8.98. The number of fused-ring (bicyclic) bond motifs is 2. The van der Waals surface area contributed by atoms with E-state index in [0.29, 0.717) is 5.82 Å². The molecule has 6 nitrogen and oxygen atoms in total. The van der Waals surface area contributed by atoms with Gasteiger partial charge < -0.3 is 5.32 Å². The molecule has 114 valence electrons. The largest absolute Gasteiger partial charge is 0.349 e. The monoisotopic (exact) mass is 298 g/mol. The van der Waals surface area contributed by atoms with Crippen LogP contribution in [0.25, 0.3) is 0 Å². The smallest absolute Gasteiger partial charge is 0.340 e. The van der Waals surface area contributed by atoms with Gasteiger partial charge in [-0.2, -0.15) is 5.10 Å². The van der Waals surface area contributed by atoms with Crippen molar-refractivity contribution in [3.8, 4) is 0 Å². The summed E-state index contributed by atoms with van der Waals surface area (Å²) >= 11 is 0. The lowest BCUT2D eigenvalue weighted by molar-refractivity contribution is -0.123. The van der Waals surface area contributed by atoms with Crippen LogP contribution in [0.1, 0.15) is 36.2 Å². The molecule has 2 atom stereocenters. The van der Waals surface area contributed by atoms with E-state index in [4.69, 9.17) is 0 Å². The van der Waals surface area contributed by atoms with Gasteiger partial charge in [-0.3, -0.25) is 9.78 Å². The lowest BCUT2D eigenvalue weighted by Gasteiger charge is -2.26. The number of nitrogens with zero attached hydrogens (tertiary/aromatic N) is 1. The van der Waals surface area contributed by atoms with E-state index in [1.807, 2.05) is 0 Å². The third-order valence-corrected chi connectivity index (χ3v) is 4.99. The maximum absolute atomic E-state index is 12.4. The van der Waals surface area contributed by atoms with E-state index in [2.05, 4.69) is 44.8 Å². The van der Waals surface area contributed by atoms with Crippen LogP contribution in [0.5, 0.6) is 0 Å². The Balaban J connectivity index is 1.47. The second-order valence-electron chi connectivity index (χ2n) is 6.27. The van der Waals surface area contributed by atoms with Crippen molar-refractivity contribution in [2.24, 2.45) is 5.92 Å². The first-order valence-electron chi connectivity index (χ1n) is 7.69. The highest BCUT2D eigenvalue weighted by atomic mass is 16.2. The number of carbonyl (C=O) groups is 1. The summed E-state index contributed by atoms with van der Waals surface area (Å²) in [5.41, 5.74) is 2.43. The molecule has 0 bridgehead atoms. The van der Waals surface area contributed by atoms with Crippen LogP contribution in [0, 0.1) is 5.92 Å². The Morgan fingerprint density at radius 2 is 2.27 bits per heavy atom. The Hall–Kier alpha value is -2.37. The second-order valence-corrected chi connectivity index (χ2v) is 6.27. The lowest BCUT2D eigenvalue weighted by atomic mass is 9.78. The topological polar surface area (TPSA) is 90.6 Å².